The Balaban J connectivity index is 2.13. The van der Waals surface area contributed by atoms with Gasteiger partial charge in [-0.3, -0.25) is 4.79 Å². The third-order valence-electron chi connectivity index (χ3n) is 2.34. The SMILES string of the molecule is NC(=O)CNC1CCC(N)CC1. The van der Waals surface area contributed by atoms with Crippen molar-refractivity contribution >= 4 is 5.91 Å². The largest absolute Gasteiger partial charge is 0.369 e. The van der Waals surface area contributed by atoms with Crippen LogP contribution in [-0.2, 0) is 4.79 Å². The molecule has 0 saturated heterocycles. The molecule has 1 fully saturated rings. The van der Waals surface area contributed by atoms with Gasteiger partial charge in [-0.25, -0.2) is 0 Å². The minimum Gasteiger partial charge on any atom is -0.369 e. The predicted octanol–water partition coefficient (Wildman–Crippen LogP) is -0.669. The fourth-order valence-electron chi connectivity index (χ4n) is 1.57. The maximum absolute atomic E-state index is 10.4. The fraction of sp³-hybridized carbons (Fsp3) is 0.875. The summed E-state index contributed by atoms with van der Waals surface area (Å²) in [6.45, 7) is 0.292. The highest BCUT2D eigenvalue weighted by molar-refractivity contribution is 5.75. The first-order chi connectivity index (χ1) is 5.68. The Morgan fingerprint density at radius 1 is 1.33 bits per heavy atom. The molecule has 0 heterocycles. The molecule has 70 valence electrons. The molecule has 1 aliphatic rings. The van der Waals surface area contributed by atoms with E-state index in [0.717, 1.165) is 25.7 Å². The van der Waals surface area contributed by atoms with Crippen molar-refractivity contribution in [2.24, 2.45) is 11.5 Å². The summed E-state index contributed by atoms with van der Waals surface area (Å²) in [5.74, 6) is -0.287. The number of hydrogen-bond acceptors (Lipinski definition) is 3. The first kappa shape index (κ1) is 9.48. The normalized spacial score (nSPS) is 30.1. The smallest absolute Gasteiger partial charge is 0.231 e. The minimum atomic E-state index is -0.287. The second-order valence-electron chi connectivity index (χ2n) is 3.46. The number of nitrogens with one attached hydrogen (secondary N) is 1. The third kappa shape index (κ3) is 3.19. The predicted molar refractivity (Wildman–Crippen MR) is 47.4 cm³/mol. The van der Waals surface area contributed by atoms with Crippen molar-refractivity contribution in [3.63, 3.8) is 0 Å². The van der Waals surface area contributed by atoms with Crippen LogP contribution in [-0.4, -0.2) is 24.5 Å². The molecule has 0 bridgehead atoms. The first-order valence-electron chi connectivity index (χ1n) is 4.45. The Hall–Kier alpha value is -0.610. The van der Waals surface area contributed by atoms with Crippen LogP contribution in [0.3, 0.4) is 0 Å². The number of amides is 1. The lowest BCUT2D eigenvalue weighted by molar-refractivity contribution is -0.117. The van der Waals surface area contributed by atoms with Crippen LogP contribution in [0.1, 0.15) is 25.7 Å². The standard InChI is InChI=1S/C8H17N3O/c9-6-1-3-7(4-2-6)11-5-8(10)12/h6-7,11H,1-5,9H2,(H2,10,12). The van der Waals surface area contributed by atoms with Gasteiger partial charge >= 0.3 is 0 Å². The monoisotopic (exact) mass is 171 g/mol. The topological polar surface area (TPSA) is 81.1 Å². The van der Waals surface area contributed by atoms with E-state index in [2.05, 4.69) is 5.32 Å². The van der Waals surface area contributed by atoms with E-state index in [1.165, 1.54) is 0 Å². The summed E-state index contributed by atoms with van der Waals surface area (Å²) in [5, 5.41) is 3.11. The van der Waals surface area contributed by atoms with Gasteiger partial charge < -0.3 is 16.8 Å². The molecule has 0 aliphatic heterocycles. The molecule has 0 atom stereocenters. The molecular formula is C8H17N3O. The Labute approximate surface area is 72.7 Å². The average Bonchev–Trinajstić information content (AvgIpc) is 2.03. The number of carbonyl (C=O) groups is 1. The lowest BCUT2D eigenvalue weighted by atomic mass is 9.92. The van der Waals surface area contributed by atoms with E-state index in [0.29, 0.717) is 18.6 Å². The summed E-state index contributed by atoms with van der Waals surface area (Å²) in [7, 11) is 0. The van der Waals surface area contributed by atoms with Crippen LogP contribution in [0.25, 0.3) is 0 Å². The van der Waals surface area contributed by atoms with E-state index < -0.39 is 0 Å². The van der Waals surface area contributed by atoms with E-state index >= 15 is 0 Å². The second-order valence-corrected chi connectivity index (χ2v) is 3.46. The van der Waals surface area contributed by atoms with Crippen molar-refractivity contribution < 1.29 is 4.79 Å². The molecule has 0 aromatic rings. The van der Waals surface area contributed by atoms with Crippen molar-refractivity contribution in [3.8, 4) is 0 Å². The summed E-state index contributed by atoms with van der Waals surface area (Å²) < 4.78 is 0. The zero-order valence-electron chi connectivity index (χ0n) is 7.25. The van der Waals surface area contributed by atoms with Crippen LogP contribution in [0.5, 0.6) is 0 Å². The minimum absolute atomic E-state index is 0.287. The fourth-order valence-corrected chi connectivity index (χ4v) is 1.57. The maximum Gasteiger partial charge on any atom is 0.231 e. The summed E-state index contributed by atoms with van der Waals surface area (Å²) in [4.78, 5) is 10.4. The number of carbonyl (C=O) groups excluding carboxylic acids is 1. The van der Waals surface area contributed by atoms with Crippen LogP contribution in [0.4, 0.5) is 0 Å². The molecule has 12 heavy (non-hydrogen) atoms. The van der Waals surface area contributed by atoms with Crippen molar-refractivity contribution in [2.45, 2.75) is 37.8 Å². The average molecular weight is 171 g/mol. The van der Waals surface area contributed by atoms with Gasteiger partial charge in [-0.15, -0.1) is 0 Å². The van der Waals surface area contributed by atoms with Crippen LogP contribution < -0.4 is 16.8 Å². The van der Waals surface area contributed by atoms with Crippen molar-refractivity contribution in [1.29, 1.82) is 0 Å². The van der Waals surface area contributed by atoms with E-state index in [9.17, 15) is 4.79 Å². The van der Waals surface area contributed by atoms with Gasteiger partial charge in [-0.1, -0.05) is 0 Å². The van der Waals surface area contributed by atoms with Gasteiger partial charge in [0.25, 0.3) is 0 Å². The second kappa shape index (κ2) is 4.42. The molecule has 0 unspecified atom stereocenters. The molecule has 0 aromatic carbocycles. The van der Waals surface area contributed by atoms with Crippen LogP contribution in [0.2, 0.25) is 0 Å². The number of primary amides is 1. The van der Waals surface area contributed by atoms with Gasteiger partial charge in [0.05, 0.1) is 6.54 Å². The molecule has 5 N–H and O–H groups in total. The lowest BCUT2D eigenvalue weighted by Gasteiger charge is -2.26. The van der Waals surface area contributed by atoms with Crippen molar-refractivity contribution in [2.75, 3.05) is 6.54 Å². The molecule has 0 aromatic heterocycles. The molecular weight excluding hydrogens is 154 g/mol. The van der Waals surface area contributed by atoms with Gasteiger partial charge in [0.2, 0.25) is 5.91 Å². The number of hydrogen-bond donors (Lipinski definition) is 3. The summed E-state index contributed by atoms with van der Waals surface area (Å²) in [5.41, 5.74) is 10.7. The summed E-state index contributed by atoms with van der Waals surface area (Å²) >= 11 is 0. The van der Waals surface area contributed by atoms with E-state index in [4.69, 9.17) is 11.5 Å². The van der Waals surface area contributed by atoms with Gasteiger partial charge in [0.15, 0.2) is 0 Å². The van der Waals surface area contributed by atoms with Crippen LogP contribution in [0, 0.1) is 0 Å². The highest BCUT2D eigenvalue weighted by Gasteiger charge is 2.17. The van der Waals surface area contributed by atoms with E-state index in [-0.39, 0.29) is 5.91 Å². The van der Waals surface area contributed by atoms with Crippen LogP contribution >= 0.6 is 0 Å². The third-order valence-corrected chi connectivity index (χ3v) is 2.34. The van der Waals surface area contributed by atoms with Crippen molar-refractivity contribution in [1.82, 2.24) is 5.32 Å². The molecule has 4 nitrogen and oxygen atoms in total. The first-order valence-corrected chi connectivity index (χ1v) is 4.45. The zero-order valence-corrected chi connectivity index (χ0v) is 7.25. The lowest BCUT2D eigenvalue weighted by Crippen LogP contribution is -2.41. The zero-order chi connectivity index (χ0) is 8.97. The van der Waals surface area contributed by atoms with E-state index in [1.54, 1.807) is 0 Å². The van der Waals surface area contributed by atoms with E-state index in [1.807, 2.05) is 0 Å². The highest BCUT2D eigenvalue weighted by Crippen LogP contribution is 2.16. The maximum atomic E-state index is 10.4. The van der Waals surface area contributed by atoms with Crippen molar-refractivity contribution in [3.05, 3.63) is 0 Å². The van der Waals surface area contributed by atoms with Crippen LogP contribution in [0.15, 0.2) is 0 Å². The molecule has 0 spiro atoms. The Kier molecular flexibility index (Phi) is 3.49. The van der Waals surface area contributed by atoms with Gasteiger partial charge in [-0.2, -0.15) is 0 Å². The summed E-state index contributed by atoms with van der Waals surface area (Å²) in [6, 6.07) is 0.800. The number of rotatable bonds is 3. The molecule has 1 aliphatic carbocycles. The molecule has 1 amide bonds. The Morgan fingerprint density at radius 2 is 1.92 bits per heavy atom. The summed E-state index contributed by atoms with van der Waals surface area (Å²) in [6.07, 6.45) is 4.23. The highest BCUT2D eigenvalue weighted by atomic mass is 16.1. The van der Waals surface area contributed by atoms with Gasteiger partial charge in [0, 0.05) is 12.1 Å². The van der Waals surface area contributed by atoms with Gasteiger partial charge in [0.1, 0.15) is 0 Å². The Morgan fingerprint density at radius 3 is 2.42 bits per heavy atom. The number of nitrogens with two attached hydrogens (primary N) is 2. The molecule has 1 rings (SSSR count). The molecule has 4 heteroatoms. The van der Waals surface area contributed by atoms with Gasteiger partial charge in [-0.05, 0) is 25.7 Å². The Bertz CT molecular complexity index is 152. The molecule has 0 radical (unpaired) electrons. The quantitative estimate of drug-likeness (QED) is 0.527. The molecule has 1 saturated carbocycles.